The van der Waals surface area contributed by atoms with Gasteiger partial charge in [0.1, 0.15) is 0 Å². The Labute approximate surface area is 87.7 Å². The molecule has 0 spiro atoms. The van der Waals surface area contributed by atoms with E-state index in [9.17, 15) is 4.79 Å². The van der Waals surface area contributed by atoms with Crippen LogP contribution in [0.15, 0.2) is 0 Å². The molecule has 0 radical (unpaired) electrons. The predicted octanol–water partition coefficient (Wildman–Crippen LogP) is 2.68. The lowest BCUT2D eigenvalue weighted by Gasteiger charge is -2.29. The van der Waals surface area contributed by atoms with Gasteiger partial charge in [-0.15, -0.1) is 0 Å². The fraction of sp³-hybridized carbons (Fsp3) is 0.917. The summed E-state index contributed by atoms with van der Waals surface area (Å²) in [5.74, 6) is 1.55. The van der Waals surface area contributed by atoms with Crippen LogP contribution in [0.1, 0.15) is 46.5 Å². The summed E-state index contributed by atoms with van der Waals surface area (Å²) in [5, 5.41) is 0. The van der Waals surface area contributed by atoms with Crippen molar-refractivity contribution in [1.29, 1.82) is 0 Å². The van der Waals surface area contributed by atoms with E-state index in [1.54, 1.807) is 0 Å². The maximum Gasteiger partial charge on any atom is 0.225 e. The summed E-state index contributed by atoms with van der Waals surface area (Å²) in [7, 11) is 0. The van der Waals surface area contributed by atoms with Gasteiger partial charge in [0.05, 0.1) is 0 Å². The molecule has 14 heavy (non-hydrogen) atoms. The van der Waals surface area contributed by atoms with Crippen molar-refractivity contribution in [1.82, 2.24) is 4.90 Å². The van der Waals surface area contributed by atoms with Crippen LogP contribution in [0.3, 0.4) is 0 Å². The molecular formula is C12H23NO. The fourth-order valence-corrected chi connectivity index (χ4v) is 2.30. The van der Waals surface area contributed by atoms with Crippen molar-refractivity contribution in [2.24, 2.45) is 11.8 Å². The van der Waals surface area contributed by atoms with Crippen LogP contribution < -0.4 is 0 Å². The summed E-state index contributed by atoms with van der Waals surface area (Å²) < 4.78 is 0. The molecule has 0 aromatic heterocycles. The summed E-state index contributed by atoms with van der Waals surface area (Å²) in [5.41, 5.74) is 0. The molecule has 0 N–H and O–H groups in total. The first-order chi connectivity index (χ1) is 6.69. The molecule has 1 amide bonds. The minimum Gasteiger partial charge on any atom is -0.343 e. The quantitative estimate of drug-likeness (QED) is 0.681. The zero-order valence-corrected chi connectivity index (χ0v) is 9.75. The van der Waals surface area contributed by atoms with Crippen molar-refractivity contribution in [3.05, 3.63) is 0 Å². The number of amides is 1. The molecule has 0 aromatic rings. The molecule has 2 heteroatoms. The molecule has 1 aliphatic rings. The van der Waals surface area contributed by atoms with Crippen LogP contribution in [0.4, 0.5) is 0 Å². The average Bonchev–Trinajstić information content (AvgIpc) is 2.20. The van der Waals surface area contributed by atoms with Gasteiger partial charge in [0, 0.05) is 19.0 Å². The lowest BCUT2D eigenvalue weighted by Crippen LogP contribution is -2.37. The number of hydrogen-bond acceptors (Lipinski definition) is 1. The van der Waals surface area contributed by atoms with Gasteiger partial charge >= 0.3 is 0 Å². The van der Waals surface area contributed by atoms with Gasteiger partial charge in [-0.25, -0.2) is 0 Å². The highest BCUT2D eigenvalue weighted by molar-refractivity contribution is 5.78. The minimum atomic E-state index is 0.325. The van der Waals surface area contributed by atoms with E-state index < -0.39 is 0 Å². The van der Waals surface area contributed by atoms with Gasteiger partial charge in [-0.3, -0.25) is 4.79 Å². The smallest absolute Gasteiger partial charge is 0.225 e. The van der Waals surface area contributed by atoms with Gasteiger partial charge < -0.3 is 4.90 Å². The van der Waals surface area contributed by atoms with Crippen LogP contribution in [0.5, 0.6) is 0 Å². The number of rotatable bonds is 3. The highest BCUT2D eigenvalue weighted by atomic mass is 16.2. The molecule has 1 saturated carbocycles. The van der Waals surface area contributed by atoms with Crippen LogP contribution in [-0.4, -0.2) is 23.9 Å². The number of carbonyl (C=O) groups is 1. The molecule has 82 valence electrons. The molecule has 1 aliphatic carbocycles. The van der Waals surface area contributed by atoms with Crippen molar-refractivity contribution in [2.45, 2.75) is 46.5 Å². The summed E-state index contributed by atoms with van der Waals surface area (Å²) in [6, 6.07) is 0. The topological polar surface area (TPSA) is 20.3 Å². The standard InChI is InChI=1S/C12H23NO/c1-4-13(5-2)12(14)11-8-6-10(3)7-9-11/h10-11H,4-9H2,1-3H3/t10-,11-. The molecule has 0 atom stereocenters. The fourth-order valence-electron chi connectivity index (χ4n) is 2.30. The normalized spacial score (nSPS) is 27.4. The summed E-state index contributed by atoms with van der Waals surface area (Å²) in [6.45, 7) is 8.14. The Morgan fingerprint density at radius 2 is 1.64 bits per heavy atom. The summed E-state index contributed by atoms with van der Waals surface area (Å²) in [6.07, 6.45) is 4.68. The van der Waals surface area contributed by atoms with Gasteiger partial charge in [-0.1, -0.05) is 6.92 Å². The number of nitrogens with zero attached hydrogens (tertiary/aromatic N) is 1. The first kappa shape index (κ1) is 11.5. The van der Waals surface area contributed by atoms with Crippen molar-refractivity contribution >= 4 is 5.91 Å². The number of hydrogen-bond donors (Lipinski definition) is 0. The number of carbonyl (C=O) groups excluding carboxylic acids is 1. The third kappa shape index (κ3) is 2.73. The Kier molecular flexibility index (Phi) is 4.43. The molecule has 0 bridgehead atoms. The van der Waals surface area contributed by atoms with Crippen LogP contribution in [0, 0.1) is 11.8 Å². The van der Waals surface area contributed by atoms with E-state index >= 15 is 0 Å². The molecule has 0 saturated heterocycles. The van der Waals surface area contributed by atoms with Crippen LogP contribution in [0.25, 0.3) is 0 Å². The predicted molar refractivity (Wildman–Crippen MR) is 59.1 cm³/mol. The average molecular weight is 197 g/mol. The van der Waals surface area contributed by atoms with Crippen molar-refractivity contribution in [3.8, 4) is 0 Å². The van der Waals surface area contributed by atoms with Gasteiger partial charge in [0.15, 0.2) is 0 Å². The molecule has 0 aromatic carbocycles. The van der Waals surface area contributed by atoms with Crippen LogP contribution in [0.2, 0.25) is 0 Å². The molecule has 1 rings (SSSR count). The Bertz CT molecular complexity index is 179. The first-order valence-electron chi connectivity index (χ1n) is 5.97. The van der Waals surface area contributed by atoms with Gasteiger partial charge in [-0.05, 0) is 45.4 Å². The van der Waals surface area contributed by atoms with Crippen molar-refractivity contribution in [2.75, 3.05) is 13.1 Å². The Hall–Kier alpha value is -0.530. The zero-order valence-electron chi connectivity index (χ0n) is 9.75. The zero-order chi connectivity index (χ0) is 10.6. The second kappa shape index (κ2) is 5.38. The minimum absolute atomic E-state index is 0.325. The SMILES string of the molecule is CCN(CC)C(=O)[C@H]1CC[C@H](C)CC1. The van der Waals surface area contributed by atoms with E-state index in [2.05, 4.69) is 20.8 Å². The highest BCUT2D eigenvalue weighted by Crippen LogP contribution is 2.29. The summed E-state index contributed by atoms with van der Waals surface area (Å²) >= 11 is 0. The van der Waals surface area contributed by atoms with E-state index in [1.165, 1.54) is 12.8 Å². The maximum absolute atomic E-state index is 12.0. The highest BCUT2D eigenvalue weighted by Gasteiger charge is 2.26. The van der Waals surface area contributed by atoms with Crippen molar-refractivity contribution in [3.63, 3.8) is 0 Å². The summed E-state index contributed by atoms with van der Waals surface area (Å²) in [4.78, 5) is 14.0. The molecule has 2 nitrogen and oxygen atoms in total. The Balaban J connectivity index is 2.44. The Morgan fingerprint density at radius 3 is 2.07 bits per heavy atom. The molecule has 0 aliphatic heterocycles. The molecule has 0 unspecified atom stereocenters. The van der Waals surface area contributed by atoms with E-state index in [0.717, 1.165) is 31.8 Å². The molecule has 0 heterocycles. The van der Waals surface area contributed by atoms with E-state index in [-0.39, 0.29) is 0 Å². The largest absolute Gasteiger partial charge is 0.343 e. The maximum atomic E-state index is 12.0. The molecular weight excluding hydrogens is 174 g/mol. The lowest BCUT2D eigenvalue weighted by molar-refractivity contribution is -0.136. The molecule has 1 fully saturated rings. The Morgan fingerprint density at radius 1 is 1.14 bits per heavy atom. The lowest BCUT2D eigenvalue weighted by atomic mass is 9.82. The van der Waals surface area contributed by atoms with Crippen molar-refractivity contribution < 1.29 is 4.79 Å². The van der Waals surface area contributed by atoms with Gasteiger partial charge in [0.2, 0.25) is 5.91 Å². The van der Waals surface area contributed by atoms with Crippen LogP contribution in [-0.2, 0) is 4.79 Å². The monoisotopic (exact) mass is 197 g/mol. The van der Waals surface area contributed by atoms with E-state index in [4.69, 9.17) is 0 Å². The second-order valence-electron chi connectivity index (χ2n) is 4.47. The second-order valence-corrected chi connectivity index (χ2v) is 4.47. The third-order valence-corrected chi connectivity index (χ3v) is 3.44. The van der Waals surface area contributed by atoms with Gasteiger partial charge in [-0.2, -0.15) is 0 Å². The third-order valence-electron chi connectivity index (χ3n) is 3.44. The first-order valence-corrected chi connectivity index (χ1v) is 5.97. The van der Waals surface area contributed by atoms with E-state index in [0.29, 0.717) is 11.8 Å². The van der Waals surface area contributed by atoms with E-state index in [1.807, 2.05) is 4.90 Å². The van der Waals surface area contributed by atoms with Gasteiger partial charge in [0.25, 0.3) is 0 Å². The van der Waals surface area contributed by atoms with Crippen LogP contribution >= 0.6 is 0 Å².